The molecule has 3 nitrogen and oxygen atoms in total. The zero-order valence-corrected chi connectivity index (χ0v) is 13.7. The Labute approximate surface area is 141 Å². The first kappa shape index (κ1) is 16.2. The van der Waals surface area contributed by atoms with Crippen LogP contribution in [0.2, 0.25) is 0 Å². The number of aryl methyl sites for hydroxylation is 2. The van der Waals surface area contributed by atoms with Gasteiger partial charge in [0.25, 0.3) is 0 Å². The molecule has 0 unspecified atom stereocenters. The van der Waals surface area contributed by atoms with E-state index in [9.17, 15) is 9.59 Å². The number of hydrogen-bond acceptors (Lipinski definition) is 2. The predicted octanol–water partition coefficient (Wildman–Crippen LogP) is 4.39. The largest absolute Gasteiger partial charge is 0.478 e. The number of carboxylic acids is 1. The average molecular weight is 320 g/mol. The lowest BCUT2D eigenvalue weighted by molar-refractivity contribution is -0.118. The Hall–Kier alpha value is -2.68. The Morgan fingerprint density at radius 3 is 2.21 bits per heavy atom. The van der Waals surface area contributed by atoms with Gasteiger partial charge in [0, 0.05) is 12.8 Å². The topological polar surface area (TPSA) is 54.4 Å². The first-order valence-corrected chi connectivity index (χ1v) is 8.18. The first-order chi connectivity index (χ1) is 11.5. The van der Waals surface area contributed by atoms with Crippen LogP contribution in [0.25, 0.3) is 11.6 Å². The van der Waals surface area contributed by atoms with Crippen molar-refractivity contribution in [3.8, 4) is 0 Å². The van der Waals surface area contributed by atoms with Gasteiger partial charge in [-0.15, -0.1) is 0 Å². The highest BCUT2D eigenvalue weighted by Crippen LogP contribution is 2.25. The molecule has 0 spiro atoms. The van der Waals surface area contributed by atoms with Crippen LogP contribution in [0.4, 0.5) is 0 Å². The van der Waals surface area contributed by atoms with Gasteiger partial charge >= 0.3 is 5.97 Å². The summed E-state index contributed by atoms with van der Waals surface area (Å²) >= 11 is 0. The van der Waals surface area contributed by atoms with Crippen molar-refractivity contribution < 1.29 is 14.7 Å². The minimum atomic E-state index is -0.914. The van der Waals surface area contributed by atoms with Crippen LogP contribution in [0.5, 0.6) is 0 Å². The second kappa shape index (κ2) is 6.83. The van der Waals surface area contributed by atoms with E-state index in [1.165, 1.54) is 11.1 Å². The van der Waals surface area contributed by atoms with E-state index in [1.807, 2.05) is 12.1 Å². The summed E-state index contributed by atoms with van der Waals surface area (Å²) in [6, 6.07) is 13.3. The molecule has 0 radical (unpaired) electrons. The van der Waals surface area contributed by atoms with Gasteiger partial charge in [0.2, 0.25) is 0 Å². The van der Waals surface area contributed by atoms with Gasteiger partial charge < -0.3 is 5.11 Å². The molecule has 1 aliphatic carbocycles. The van der Waals surface area contributed by atoms with Crippen molar-refractivity contribution >= 4 is 23.4 Å². The molecule has 0 amide bonds. The zero-order valence-electron chi connectivity index (χ0n) is 13.7. The lowest BCUT2D eigenvalue weighted by Crippen LogP contribution is -1.95. The van der Waals surface area contributed by atoms with Crippen LogP contribution in [-0.2, 0) is 17.6 Å². The number of ketones is 1. The van der Waals surface area contributed by atoms with E-state index in [-0.39, 0.29) is 0 Å². The fourth-order valence-electron chi connectivity index (χ4n) is 3.08. The number of fused-ring (bicyclic) bond motifs is 1. The van der Waals surface area contributed by atoms with E-state index in [4.69, 9.17) is 5.11 Å². The van der Waals surface area contributed by atoms with Crippen molar-refractivity contribution in [1.82, 2.24) is 0 Å². The van der Waals surface area contributed by atoms with Gasteiger partial charge in [-0.1, -0.05) is 36.4 Å². The highest BCUT2D eigenvalue weighted by atomic mass is 16.4. The summed E-state index contributed by atoms with van der Waals surface area (Å²) in [6.07, 6.45) is 5.00. The molecule has 122 valence electrons. The lowest BCUT2D eigenvalue weighted by Gasteiger charge is -2.09. The Kier molecular flexibility index (Phi) is 4.61. The smallest absolute Gasteiger partial charge is 0.335 e. The van der Waals surface area contributed by atoms with Crippen molar-refractivity contribution in [2.75, 3.05) is 0 Å². The molecular formula is C21H20O3. The van der Waals surface area contributed by atoms with E-state index in [0.29, 0.717) is 24.2 Å². The number of carboxylic acid groups (broad SMARTS) is 1. The van der Waals surface area contributed by atoms with Crippen LogP contribution in [0.15, 0.2) is 42.5 Å². The molecule has 3 rings (SSSR count). The number of rotatable bonds is 3. The van der Waals surface area contributed by atoms with Gasteiger partial charge in [0.15, 0.2) is 0 Å². The van der Waals surface area contributed by atoms with Gasteiger partial charge in [-0.05, 0) is 59.7 Å². The van der Waals surface area contributed by atoms with Crippen molar-refractivity contribution in [3.63, 3.8) is 0 Å². The molecule has 0 aromatic heterocycles. The highest BCUT2D eigenvalue weighted by Gasteiger charge is 2.13. The standard InChI is InChI=1S/C21H20O3/c1-14(12-15-2-4-17(5-3-15)21(23)24)18-7-6-16-8-10-20(22)11-9-19(16)13-18/h2-7,12-13H,8-11H2,1H3,(H,23,24). The summed E-state index contributed by atoms with van der Waals surface area (Å²) in [6.45, 7) is 2.05. The molecule has 0 bridgehead atoms. The van der Waals surface area contributed by atoms with Crippen LogP contribution in [0, 0.1) is 0 Å². The molecule has 3 heteroatoms. The summed E-state index contributed by atoms with van der Waals surface area (Å²) in [5.41, 5.74) is 6.08. The van der Waals surface area contributed by atoms with Gasteiger partial charge in [0.05, 0.1) is 5.56 Å². The van der Waals surface area contributed by atoms with Gasteiger partial charge in [-0.25, -0.2) is 4.79 Å². The summed E-state index contributed by atoms with van der Waals surface area (Å²) < 4.78 is 0. The van der Waals surface area contributed by atoms with Crippen molar-refractivity contribution in [3.05, 3.63) is 70.3 Å². The molecule has 0 saturated carbocycles. The summed E-state index contributed by atoms with van der Waals surface area (Å²) in [5, 5.41) is 8.95. The van der Waals surface area contributed by atoms with E-state index >= 15 is 0 Å². The Bertz CT molecular complexity index is 813. The number of carbonyl (C=O) groups is 2. The molecule has 0 aliphatic heterocycles. The Morgan fingerprint density at radius 2 is 1.54 bits per heavy atom. The minimum absolute atomic E-state index is 0.291. The maximum atomic E-state index is 11.6. The molecule has 1 N–H and O–H groups in total. The van der Waals surface area contributed by atoms with Gasteiger partial charge in [-0.3, -0.25) is 4.79 Å². The summed E-state index contributed by atoms with van der Waals surface area (Å²) in [4.78, 5) is 22.5. The molecule has 0 heterocycles. The number of allylic oxidation sites excluding steroid dienone is 1. The van der Waals surface area contributed by atoms with Gasteiger partial charge in [0.1, 0.15) is 5.78 Å². The van der Waals surface area contributed by atoms with E-state index in [1.54, 1.807) is 12.1 Å². The second-order valence-corrected chi connectivity index (χ2v) is 6.28. The molecule has 2 aromatic rings. The normalized spacial score (nSPS) is 14.9. The van der Waals surface area contributed by atoms with E-state index in [0.717, 1.165) is 29.5 Å². The van der Waals surface area contributed by atoms with Crippen molar-refractivity contribution in [1.29, 1.82) is 0 Å². The number of carbonyl (C=O) groups excluding carboxylic acids is 1. The predicted molar refractivity (Wildman–Crippen MR) is 95.0 cm³/mol. The SMILES string of the molecule is CC(=Cc1ccc(C(=O)O)cc1)c1ccc2c(c1)CCC(=O)CC2. The van der Waals surface area contributed by atoms with Gasteiger partial charge in [-0.2, -0.15) is 0 Å². The third-order valence-corrected chi connectivity index (χ3v) is 4.55. The third-order valence-electron chi connectivity index (χ3n) is 4.55. The second-order valence-electron chi connectivity index (χ2n) is 6.28. The zero-order chi connectivity index (χ0) is 17.1. The highest BCUT2D eigenvalue weighted by molar-refractivity contribution is 5.88. The fourth-order valence-corrected chi connectivity index (χ4v) is 3.08. The van der Waals surface area contributed by atoms with Crippen LogP contribution >= 0.6 is 0 Å². The molecular weight excluding hydrogens is 300 g/mol. The van der Waals surface area contributed by atoms with Crippen LogP contribution in [0.1, 0.15) is 52.4 Å². The molecule has 1 aliphatic rings. The van der Waals surface area contributed by atoms with Crippen LogP contribution in [0.3, 0.4) is 0 Å². The minimum Gasteiger partial charge on any atom is -0.478 e. The molecule has 0 fully saturated rings. The molecule has 0 atom stereocenters. The van der Waals surface area contributed by atoms with Crippen LogP contribution < -0.4 is 0 Å². The number of Topliss-reactive ketones (excluding diaryl/α,β-unsaturated/α-hetero) is 1. The monoisotopic (exact) mass is 320 g/mol. The van der Waals surface area contributed by atoms with Crippen molar-refractivity contribution in [2.45, 2.75) is 32.6 Å². The number of aromatic carboxylic acids is 1. The Morgan fingerprint density at radius 1 is 0.917 bits per heavy atom. The number of hydrogen-bond donors (Lipinski definition) is 1. The quantitative estimate of drug-likeness (QED) is 0.674. The van der Waals surface area contributed by atoms with Crippen LogP contribution in [-0.4, -0.2) is 16.9 Å². The number of benzene rings is 2. The summed E-state index contributed by atoms with van der Waals surface area (Å²) in [7, 11) is 0. The maximum Gasteiger partial charge on any atom is 0.335 e. The Balaban J connectivity index is 1.85. The first-order valence-electron chi connectivity index (χ1n) is 8.18. The third kappa shape index (κ3) is 3.62. The van der Waals surface area contributed by atoms with E-state index in [2.05, 4.69) is 31.2 Å². The van der Waals surface area contributed by atoms with Crippen molar-refractivity contribution in [2.24, 2.45) is 0 Å². The molecule has 2 aromatic carbocycles. The fraction of sp³-hybridized carbons (Fsp3) is 0.238. The lowest BCUT2D eigenvalue weighted by atomic mass is 9.96. The summed E-state index contributed by atoms with van der Waals surface area (Å²) in [5.74, 6) is -0.568. The maximum absolute atomic E-state index is 11.6. The van der Waals surface area contributed by atoms with E-state index < -0.39 is 5.97 Å². The molecule has 0 saturated heterocycles. The average Bonchev–Trinajstić information content (AvgIpc) is 2.77. The molecule has 24 heavy (non-hydrogen) atoms.